The van der Waals surface area contributed by atoms with Crippen LogP contribution in [0, 0.1) is 0 Å². The molecule has 1 heterocycles. The van der Waals surface area contributed by atoms with E-state index in [1.165, 1.54) is 36.7 Å². The third-order valence-corrected chi connectivity index (χ3v) is 5.08. The number of nitrogens with zero attached hydrogens (tertiary/aromatic N) is 2. The molecule has 0 saturated heterocycles. The van der Waals surface area contributed by atoms with Gasteiger partial charge < -0.3 is 14.7 Å². The number of esters is 1. The number of carbonyl (C=O) groups excluding carboxylic acids is 2. The third-order valence-electron chi connectivity index (χ3n) is 5.08. The highest BCUT2D eigenvalue weighted by Crippen LogP contribution is 2.34. The summed E-state index contributed by atoms with van der Waals surface area (Å²) in [6.07, 6.45) is -3.21. The number of carbonyl (C=O) groups is 3. The van der Waals surface area contributed by atoms with Crippen molar-refractivity contribution >= 4 is 18.0 Å². The van der Waals surface area contributed by atoms with Crippen LogP contribution in [0.5, 0.6) is 0 Å². The molecule has 0 aliphatic rings. The second-order valence-corrected chi connectivity index (χ2v) is 7.56. The van der Waals surface area contributed by atoms with Crippen LogP contribution in [0.3, 0.4) is 0 Å². The summed E-state index contributed by atoms with van der Waals surface area (Å²) in [5.41, 5.74) is 0.436. The van der Waals surface area contributed by atoms with Gasteiger partial charge >= 0.3 is 24.2 Å². The van der Waals surface area contributed by atoms with E-state index in [0.717, 1.165) is 17.0 Å². The molecule has 1 N–H and O–H groups in total. The first-order valence-electron chi connectivity index (χ1n) is 10.5. The van der Waals surface area contributed by atoms with E-state index in [2.05, 4.69) is 4.98 Å². The quantitative estimate of drug-likeness (QED) is 0.365. The maximum Gasteiger partial charge on any atom is 0.418 e. The number of alkyl halides is 3. The van der Waals surface area contributed by atoms with Crippen LogP contribution >= 0.6 is 0 Å². The predicted octanol–water partition coefficient (Wildman–Crippen LogP) is 5.19. The van der Waals surface area contributed by atoms with Gasteiger partial charge in [0.15, 0.2) is 0 Å². The highest BCUT2D eigenvalue weighted by atomic mass is 19.4. The Morgan fingerprint density at radius 1 is 1.03 bits per heavy atom. The van der Waals surface area contributed by atoms with Gasteiger partial charge in [0.2, 0.25) is 0 Å². The Bertz CT molecular complexity index is 1230. The Labute approximate surface area is 198 Å². The van der Waals surface area contributed by atoms with Crippen LogP contribution in [0.2, 0.25) is 0 Å². The lowest BCUT2D eigenvalue weighted by Gasteiger charge is -2.22. The Balaban J connectivity index is 1.94. The molecule has 3 rings (SSSR count). The first kappa shape index (κ1) is 25.4. The van der Waals surface area contributed by atoms with Crippen molar-refractivity contribution in [3.63, 3.8) is 0 Å². The van der Waals surface area contributed by atoms with E-state index < -0.39 is 29.8 Å². The molecule has 1 aromatic heterocycles. The van der Waals surface area contributed by atoms with Crippen molar-refractivity contribution in [1.29, 1.82) is 0 Å². The molecule has 182 valence electrons. The molecule has 2 aromatic carbocycles. The number of pyridine rings is 1. The Kier molecular flexibility index (Phi) is 7.85. The van der Waals surface area contributed by atoms with Crippen LogP contribution in [-0.4, -0.2) is 39.6 Å². The third kappa shape index (κ3) is 6.66. The molecular weight excluding hydrogens is 465 g/mol. The zero-order chi connectivity index (χ0) is 25.6. The second-order valence-electron chi connectivity index (χ2n) is 7.56. The van der Waals surface area contributed by atoms with Crippen LogP contribution in [0.25, 0.3) is 11.1 Å². The van der Waals surface area contributed by atoms with Crippen molar-refractivity contribution in [3.05, 3.63) is 89.2 Å². The predicted molar refractivity (Wildman–Crippen MR) is 119 cm³/mol. The van der Waals surface area contributed by atoms with Gasteiger partial charge in [-0.25, -0.2) is 9.59 Å². The van der Waals surface area contributed by atoms with Crippen LogP contribution in [0.1, 0.15) is 34.0 Å². The van der Waals surface area contributed by atoms with Gasteiger partial charge in [-0.3, -0.25) is 9.78 Å². The molecule has 0 radical (unpaired) electrons. The smallest absolute Gasteiger partial charge is 0.418 e. The Morgan fingerprint density at radius 2 is 1.74 bits per heavy atom. The average molecular weight is 486 g/mol. The summed E-state index contributed by atoms with van der Waals surface area (Å²) in [5.74, 6) is -1.97. The first-order valence-corrected chi connectivity index (χ1v) is 10.5. The number of hydrogen-bond acceptors (Lipinski definition) is 5. The topological polar surface area (TPSA) is 96.8 Å². The lowest BCUT2D eigenvalue weighted by atomic mass is 9.96. The van der Waals surface area contributed by atoms with Crippen molar-refractivity contribution in [1.82, 2.24) is 9.88 Å². The Hall–Kier alpha value is -4.21. The molecule has 0 bridgehead atoms. The molecule has 0 spiro atoms. The molecule has 3 aromatic rings. The SMILES string of the molecule is CCN(Cc1cc(C(F)(F)F)ccc1-c1cncc(CC(=O)O)c1)C(=O)OC(=O)c1ccccc1. The lowest BCUT2D eigenvalue weighted by Crippen LogP contribution is -2.32. The van der Waals surface area contributed by atoms with Crippen LogP contribution in [0.15, 0.2) is 67.0 Å². The van der Waals surface area contributed by atoms with Gasteiger partial charge in [-0.1, -0.05) is 24.3 Å². The molecule has 35 heavy (non-hydrogen) atoms. The fraction of sp³-hybridized carbons (Fsp3) is 0.200. The van der Waals surface area contributed by atoms with Gasteiger partial charge in [0, 0.05) is 31.0 Å². The number of carboxylic acids is 1. The number of hydrogen-bond donors (Lipinski definition) is 1. The van der Waals surface area contributed by atoms with Crippen LogP contribution in [0.4, 0.5) is 18.0 Å². The van der Waals surface area contributed by atoms with Gasteiger partial charge in [-0.15, -0.1) is 0 Å². The molecule has 0 aliphatic carbocycles. The lowest BCUT2D eigenvalue weighted by molar-refractivity contribution is -0.138. The van der Waals surface area contributed by atoms with E-state index >= 15 is 0 Å². The molecule has 7 nitrogen and oxygen atoms in total. The number of rotatable bonds is 7. The number of halogens is 3. The van der Waals surface area contributed by atoms with Gasteiger partial charge in [0.05, 0.1) is 17.5 Å². The maximum atomic E-state index is 13.4. The van der Waals surface area contributed by atoms with Crippen molar-refractivity contribution in [2.24, 2.45) is 0 Å². The van der Waals surface area contributed by atoms with Crippen molar-refractivity contribution in [2.45, 2.75) is 26.1 Å². The summed E-state index contributed by atoms with van der Waals surface area (Å²) >= 11 is 0. The van der Waals surface area contributed by atoms with Crippen molar-refractivity contribution in [3.8, 4) is 11.1 Å². The van der Waals surface area contributed by atoms with Crippen LogP contribution < -0.4 is 0 Å². The minimum atomic E-state index is -4.63. The molecular formula is C25H21F3N2O5. The number of benzene rings is 2. The van der Waals surface area contributed by atoms with E-state index in [9.17, 15) is 27.6 Å². The van der Waals surface area contributed by atoms with Gasteiger partial charge in [-0.05, 0) is 53.9 Å². The fourth-order valence-electron chi connectivity index (χ4n) is 3.38. The molecule has 0 saturated carbocycles. The molecule has 10 heteroatoms. The van der Waals surface area contributed by atoms with Gasteiger partial charge in [0.1, 0.15) is 0 Å². The zero-order valence-corrected chi connectivity index (χ0v) is 18.6. The monoisotopic (exact) mass is 486 g/mol. The minimum absolute atomic E-state index is 0.0495. The molecule has 1 amide bonds. The number of aliphatic carboxylic acids is 1. The largest absolute Gasteiger partial charge is 0.481 e. The van der Waals surface area contributed by atoms with E-state index in [-0.39, 0.29) is 30.6 Å². The normalized spacial score (nSPS) is 11.1. The maximum absolute atomic E-state index is 13.4. The van der Waals surface area contributed by atoms with E-state index in [1.54, 1.807) is 25.1 Å². The molecule has 0 unspecified atom stereocenters. The summed E-state index contributed by atoms with van der Waals surface area (Å²) in [4.78, 5) is 41.0. The Morgan fingerprint density at radius 3 is 2.37 bits per heavy atom. The minimum Gasteiger partial charge on any atom is -0.481 e. The van der Waals surface area contributed by atoms with E-state index in [0.29, 0.717) is 16.7 Å². The molecule has 0 fully saturated rings. The summed E-state index contributed by atoms with van der Waals surface area (Å²) in [7, 11) is 0. The molecule has 0 atom stereocenters. The van der Waals surface area contributed by atoms with Gasteiger partial charge in [-0.2, -0.15) is 13.2 Å². The highest BCUT2D eigenvalue weighted by molar-refractivity contribution is 5.96. The van der Waals surface area contributed by atoms with Crippen molar-refractivity contribution in [2.75, 3.05) is 6.54 Å². The summed E-state index contributed by atoms with van der Waals surface area (Å²) in [6, 6.07) is 12.4. The number of ether oxygens (including phenoxy) is 1. The summed E-state index contributed by atoms with van der Waals surface area (Å²) in [5, 5.41) is 9.04. The highest BCUT2D eigenvalue weighted by Gasteiger charge is 2.31. The standard InChI is InChI=1S/C25H21F3N2O5/c1-2-30(24(34)35-23(33)17-6-4-3-5-7-17)15-19-12-20(25(26,27)28)8-9-21(19)18-10-16(11-22(31)32)13-29-14-18/h3-10,12-14H,2,11,15H2,1H3,(H,31,32). The number of amides is 1. The van der Waals surface area contributed by atoms with Crippen LogP contribution in [-0.2, 0) is 28.7 Å². The molecule has 0 aliphatic heterocycles. The average Bonchev–Trinajstić information content (AvgIpc) is 2.82. The van der Waals surface area contributed by atoms with E-state index in [4.69, 9.17) is 9.84 Å². The number of aromatic nitrogens is 1. The first-order chi connectivity index (χ1) is 16.6. The van der Waals surface area contributed by atoms with Gasteiger partial charge in [0.25, 0.3) is 0 Å². The van der Waals surface area contributed by atoms with Crippen molar-refractivity contribution < 1.29 is 37.4 Å². The zero-order valence-electron chi connectivity index (χ0n) is 18.6. The van der Waals surface area contributed by atoms with E-state index in [1.807, 2.05) is 0 Å². The summed E-state index contributed by atoms with van der Waals surface area (Å²) < 4.78 is 45.2. The summed E-state index contributed by atoms with van der Waals surface area (Å²) in [6.45, 7) is 1.35. The number of carboxylic acid groups (broad SMARTS) is 1. The fourth-order valence-corrected chi connectivity index (χ4v) is 3.38. The second kappa shape index (κ2) is 10.8.